The number of nitrogens with one attached hydrogen (secondary N) is 1. The lowest BCUT2D eigenvalue weighted by atomic mass is 10.0. The Morgan fingerprint density at radius 2 is 1.75 bits per heavy atom. The van der Waals surface area contributed by atoms with Crippen LogP contribution in [0.25, 0.3) is 11.0 Å². The highest BCUT2D eigenvalue weighted by atomic mass is 35.5. The Kier molecular flexibility index (Phi) is 5.03. The summed E-state index contributed by atoms with van der Waals surface area (Å²) >= 11 is 5.89. The van der Waals surface area contributed by atoms with Crippen LogP contribution in [0.3, 0.4) is 0 Å². The van der Waals surface area contributed by atoms with Crippen molar-refractivity contribution in [2.45, 2.75) is 26.8 Å². The lowest BCUT2D eigenvalue weighted by Gasteiger charge is -2.09. The maximum atomic E-state index is 11.8. The predicted octanol–water partition coefficient (Wildman–Crippen LogP) is 4.40. The molecule has 0 unspecified atom stereocenters. The first-order chi connectivity index (χ1) is 11.5. The molecule has 24 heavy (non-hydrogen) atoms. The van der Waals surface area contributed by atoms with Crippen molar-refractivity contribution in [3.63, 3.8) is 0 Å². The fraction of sp³-hybridized carbons (Fsp3) is 0.250. The van der Waals surface area contributed by atoms with Gasteiger partial charge in [0.1, 0.15) is 5.58 Å². The van der Waals surface area contributed by atoms with Crippen LogP contribution < -0.4 is 10.9 Å². The van der Waals surface area contributed by atoms with Crippen LogP contribution in [-0.2, 0) is 13.0 Å². The van der Waals surface area contributed by atoms with E-state index in [1.165, 1.54) is 11.1 Å². The topological polar surface area (TPSA) is 42.2 Å². The molecule has 0 fully saturated rings. The molecule has 0 amide bonds. The molecular weight excluding hydrogens is 322 g/mol. The van der Waals surface area contributed by atoms with Crippen molar-refractivity contribution >= 4 is 22.6 Å². The maximum absolute atomic E-state index is 11.8. The zero-order chi connectivity index (χ0) is 17.1. The summed E-state index contributed by atoms with van der Waals surface area (Å²) in [5.74, 6) is 0. The Morgan fingerprint density at radius 1 is 1.04 bits per heavy atom. The number of fused-ring (bicyclic) bond motifs is 1. The zero-order valence-corrected chi connectivity index (χ0v) is 14.6. The van der Waals surface area contributed by atoms with E-state index in [1.54, 1.807) is 6.07 Å². The van der Waals surface area contributed by atoms with Crippen LogP contribution >= 0.6 is 11.6 Å². The summed E-state index contributed by atoms with van der Waals surface area (Å²) in [6, 6.07) is 13.5. The predicted molar refractivity (Wildman–Crippen MR) is 98.8 cm³/mol. The van der Waals surface area contributed by atoms with Crippen molar-refractivity contribution in [1.29, 1.82) is 0 Å². The molecule has 0 atom stereocenters. The largest absolute Gasteiger partial charge is 0.423 e. The molecule has 3 nitrogen and oxygen atoms in total. The van der Waals surface area contributed by atoms with Gasteiger partial charge in [-0.2, -0.15) is 0 Å². The summed E-state index contributed by atoms with van der Waals surface area (Å²) in [5.41, 5.74) is 4.87. The van der Waals surface area contributed by atoms with E-state index in [2.05, 4.69) is 18.3 Å². The molecule has 1 aromatic heterocycles. The summed E-state index contributed by atoms with van der Waals surface area (Å²) in [7, 11) is 0. The van der Waals surface area contributed by atoms with Crippen molar-refractivity contribution in [3.05, 3.63) is 80.2 Å². The van der Waals surface area contributed by atoms with Gasteiger partial charge in [-0.15, -0.1) is 0 Å². The molecule has 0 saturated carbocycles. The smallest absolute Gasteiger partial charge is 0.336 e. The van der Waals surface area contributed by atoms with Crippen LogP contribution in [-0.4, -0.2) is 6.54 Å². The van der Waals surface area contributed by atoms with Crippen molar-refractivity contribution in [2.75, 3.05) is 6.54 Å². The lowest BCUT2D eigenvalue weighted by molar-refractivity contribution is 0.556. The second kappa shape index (κ2) is 7.20. The van der Waals surface area contributed by atoms with Gasteiger partial charge in [0, 0.05) is 23.0 Å². The highest BCUT2D eigenvalue weighted by molar-refractivity contribution is 6.30. The molecule has 0 bridgehead atoms. The zero-order valence-electron chi connectivity index (χ0n) is 13.9. The second-order valence-electron chi connectivity index (χ2n) is 6.08. The minimum atomic E-state index is -0.305. The van der Waals surface area contributed by atoms with Crippen LogP contribution in [0.2, 0.25) is 5.02 Å². The summed E-state index contributed by atoms with van der Waals surface area (Å²) in [5, 5.41) is 5.15. The SMILES string of the molecule is Cc1cc2oc(=O)cc(CNCCc3ccc(Cl)cc3)c2cc1C. The van der Waals surface area contributed by atoms with Gasteiger partial charge in [-0.1, -0.05) is 23.7 Å². The van der Waals surface area contributed by atoms with E-state index in [0.717, 1.165) is 34.5 Å². The molecule has 3 aromatic rings. The average molecular weight is 342 g/mol. The minimum absolute atomic E-state index is 0.305. The van der Waals surface area contributed by atoms with E-state index < -0.39 is 0 Å². The van der Waals surface area contributed by atoms with Gasteiger partial charge in [-0.05, 0) is 73.3 Å². The van der Waals surface area contributed by atoms with Crippen molar-refractivity contribution in [3.8, 4) is 0 Å². The number of aryl methyl sites for hydroxylation is 2. The van der Waals surface area contributed by atoms with Crippen LogP contribution in [0, 0.1) is 13.8 Å². The molecule has 0 saturated heterocycles. The van der Waals surface area contributed by atoms with Gasteiger partial charge < -0.3 is 9.73 Å². The summed E-state index contributed by atoms with van der Waals surface area (Å²) in [4.78, 5) is 11.8. The van der Waals surface area contributed by atoms with Crippen molar-refractivity contribution in [2.24, 2.45) is 0 Å². The van der Waals surface area contributed by atoms with Gasteiger partial charge in [0.25, 0.3) is 0 Å². The number of benzene rings is 2. The van der Waals surface area contributed by atoms with Crippen LogP contribution in [0.15, 0.2) is 51.7 Å². The van der Waals surface area contributed by atoms with Gasteiger partial charge in [-0.25, -0.2) is 4.79 Å². The quantitative estimate of drug-likeness (QED) is 0.552. The second-order valence-corrected chi connectivity index (χ2v) is 6.51. The first kappa shape index (κ1) is 16.7. The van der Waals surface area contributed by atoms with E-state index in [9.17, 15) is 4.79 Å². The van der Waals surface area contributed by atoms with Crippen LogP contribution in [0.4, 0.5) is 0 Å². The van der Waals surface area contributed by atoms with Crippen molar-refractivity contribution < 1.29 is 4.42 Å². The average Bonchev–Trinajstić information content (AvgIpc) is 2.55. The molecule has 0 spiro atoms. The third-order valence-corrected chi connectivity index (χ3v) is 4.52. The fourth-order valence-electron chi connectivity index (χ4n) is 2.74. The molecule has 0 aliphatic rings. The highest BCUT2D eigenvalue weighted by Crippen LogP contribution is 2.21. The summed E-state index contributed by atoms with van der Waals surface area (Å²) < 4.78 is 5.33. The molecule has 0 aliphatic heterocycles. The lowest BCUT2D eigenvalue weighted by Crippen LogP contribution is -2.18. The number of hydrogen-bond donors (Lipinski definition) is 1. The van der Waals surface area contributed by atoms with E-state index in [4.69, 9.17) is 16.0 Å². The molecule has 1 heterocycles. The Balaban J connectivity index is 1.71. The molecule has 2 aromatic carbocycles. The molecule has 0 aliphatic carbocycles. The van der Waals surface area contributed by atoms with Crippen LogP contribution in [0.1, 0.15) is 22.3 Å². The van der Waals surface area contributed by atoms with E-state index in [-0.39, 0.29) is 5.63 Å². The Hall–Kier alpha value is -2.10. The monoisotopic (exact) mass is 341 g/mol. The van der Waals surface area contributed by atoms with Crippen LogP contribution in [0.5, 0.6) is 0 Å². The third kappa shape index (κ3) is 3.86. The molecule has 3 rings (SSSR count). The Bertz CT molecular complexity index is 913. The van der Waals surface area contributed by atoms with Gasteiger partial charge in [0.15, 0.2) is 0 Å². The molecule has 4 heteroatoms. The maximum Gasteiger partial charge on any atom is 0.336 e. The normalized spacial score (nSPS) is 11.1. The van der Waals surface area contributed by atoms with E-state index in [0.29, 0.717) is 12.1 Å². The van der Waals surface area contributed by atoms with E-state index >= 15 is 0 Å². The summed E-state index contributed by atoms with van der Waals surface area (Å²) in [6.07, 6.45) is 0.911. The molecular formula is C20H20ClNO2. The molecule has 1 N–H and O–H groups in total. The van der Waals surface area contributed by atoms with Gasteiger partial charge in [0.05, 0.1) is 0 Å². The Morgan fingerprint density at radius 3 is 2.50 bits per heavy atom. The van der Waals surface area contributed by atoms with Gasteiger partial charge in [0.2, 0.25) is 0 Å². The molecule has 0 radical (unpaired) electrons. The Labute approximate surface area is 146 Å². The summed E-state index contributed by atoms with van der Waals surface area (Å²) in [6.45, 7) is 5.55. The van der Waals surface area contributed by atoms with Crippen molar-refractivity contribution in [1.82, 2.24) is 5.32 Å². The van der Waals surface area contributed by atoms with Gasteiger partial charge >= 0.3 is 5.63 Å². The first-order valence-electron chi connectivity index (χ1n) is 8.02. The first-order valence-corrected chi connectivity index (χ1v) is 8.40. The highest BCUT2D eigenvalue weighted by Gasteiger charge is 2.07. The number of rotatable bonds is 5. The fourth-order valence-corrected chi connectivity index (χ4v) is 2.86. The molecule has 124 valence electrons. The third-order valence-electron chi connectivity index (χ3n) is 4.26. The standard InChI is InChI=1S/C20H20ClNO2/c1-13-9-18-16(11-20(23)24-19(18)10-14(13)2)12-22-8-7-15-3-5-17(21)6-4-15/h3-6,9-11,22H,7-8,12H2,1-2H3. The van der Waals surface area contributed by atoms with E-state index in [1.807, 2.05) is 37.3 Å². The van der Waals surface area contributed by atoms with Gasteiger partial charge in [-0.3, -0.25) is 0 Å². The minimum Gasteiger partial charge on any atom is -0.423 e. The number of hydrogen-bond acceptors (Lipinski definition) is 3. The number of halogens is 1.